The van der Waals surface area contributed by atoms with E-state index in [1.807, 2.05) is 30.3 Å². The number of ether oxygens (including phenoxy) is 1. The predicted octanol–water partition coefficient (Wildman–Crippen LogP) is 3.79. The Balaban J connectivity index is 1.83. The van der Waals surface area contributed by atoms with Gasteiger partial charge >= 0.3 is 0 Å². The van der Waals surface area contributed by atoms with Crippen molar-refractivity contribution in [3.8, 4) is 5.75 Å². The standard InChI is InChI=1S/C18H16BrClFNO2/c19-16-12-8-18(10-4-2-1-3-5-10,15-6-11(23)9-22-15)24-14(12)7-13(21)17(16)20/h1-5,7,11,15,22-23H,6,8-9H2. The molecule has 1 saturated heterocycles. The molecule has 1 fully saturated rings. The number of rotatable bonds is 2. The van der Waals surface area contributed by atoms with E-state index in [2.05, 4.69) is 21.2 Å². The van der Waals surface area contributed by atoms with Gasteiger partial charge in [0.05, 0.1) is 17.2 Å². The van der Waals surface area contributed by atoms with Gasteiger partial charge in [-0.1, -0.05) is 41.9 Å². The van der Waals surface area contributed by atoms with Crippen LogP contribution in [0.25, 0.3) is 0 Å². The molecule has 2 aromatic rings. The van der Waals surface area contributed by atoms with Gasteiger partial charge in [0.15, 0.2) is 5.60 Å². The average molecular weight is 413 g/mol. The Kier molecular flexibility index (Phi) is 4.07. The van der Waals surface area contributed by atoms with Gasteiger partial charge in [-0.3, -0.25) is 0 Å². The lowest BCUT2D eigenvalue weighted by Crippen LogP contribution is -2.48. The van der Waals surface area contributed by atoms with Crippen LogP contribution in [0.5, 0.6) is 5.75 Å². The van der Waals surface area contributed by atoms with Gasteiger partial charge < -0.3 is 15.2 Å². The van der Waals surface area contributed by atoms with E-state index in [9.17, 15) is 9.50 Å². The summed E-state index contributed by atoms with van der Waals surface area (Å²) >= 11 is 9.46. The van der Waals surface area contributed by atoms with E-state index >= 15 is 0 Å². The molecule has 0 aliphatic carbocycles. The third-order valence-corrected chi connectivity index (χ3v) is 6.36. The molecule has 126 valence electrons. The Hall–Kier alpha value is -1.14. The lowest BCUT2D eigenvalue weighted by Gasteiger charge is -2.35. The van der Waals surface area contributed by atoms with Crippen LogP contribution in [0.4, 0.5) is 4.39 Å². The van der Waals surface area contributed by atoms with Gasteiger partial charge in [-0.15, -0.1) is 0 Å². The molecule has 0 saturated carbocycles. The Morgan fingerprint density at radius 2 is 2.08 bits per heavy atom. The third-order valence-electron chi connectivity index (χ3n) is 4.89. The maximum atomic E-state index is 14.0. The molecular formula is C18H16BrClFNO2. The molecule has 2 aromatic carbocycles. The minimum Gasteiger partial charge on any atom is -0.480 e. The quantitative estimate of drug-likeness (QED) is 0.737. The zero-order valence-electron chi connectivity index (χ0n) is 12.7. The fourth-order valence-electron chi connectivity index (χ4n) is 3.71. The molecule has 0 aromatic heterocycles. The second kappa shape index (κ2) is 5.99. The highest BCUT2D eigenvalue weighted by atomic mass is 79.9. The van der Waals surface area contributed by atoms with E-state index < -0.39 is 17.5 Å². The van der Waals surface area contributed by atoms with Gasteiger partial charge in [-0.05, 0) is 27.9 Å². The first-order chi connectivity index (χ1) is 11.5. The SMILES string of the molecule is OC1CNC(C2(c3ccccc3)Cc3c(cc(F)c(Cl)c3Br)O2)C1. The van der Waals surface area contributed by atoms with E-state index in [0.717, 1.165) is 11.1 Å². The first-order valence-corrected chi connectivity index (χ1v) is 9.01. The van der Waals surface area contributed by atoms with Crippen molar-refractivity contribution in [1.29, 1.82) is 0 Å². The highest BCUT2D eigenvalue weighted by Gasteiger charge is 2.50. The first-order valence-electron chi connectivity index (χ1n) is 7.83. The largest absolute Gasteiger partial charge is 0.480 e. The van der Waals surface area contributed by atoms with Gasteiger partial charge in [-0.25, -0.2) is 4.39 Å². The number of fused-ring (bicyclic) bond motifs is 1. The smallest absolute Gasteiger partial charge is 0.153 e. The monoisotopic (exact) mass is 411 g/mol. The Morgan fingerprint density at radius 1 is 1.33 bits per heavy atom. The van der Waals surface area contributed by atoms with Crippen molar-refractivity contribution in [2.75, 3.05) is 6.54 Å². The predicted molar refractivity (Wildman–Crippen MR) is 94.0 cm³/mol. The molecule has 2 N–H and O–H groups in total. The van der Waals surface area contributed by atoms with Crippen LogP contribution in [-0.2, 0) is 12.0 Å². The summed E-state index contributed by atoms with van der Waals surface area (Å²) in [5, 5.41) is 13.4. The highest BCUT2D eigenvalue weighted by Crippen LogP contribution is 2.49. The molecule has 0 bridgehead atoms. The van der Waals surface area contributed by atoms with Crippen LogP contribution >= 0.6 is 27.5 Å². The number of halogens is 3. The summed E-state index contributed by atoms with van der Waals surface area (Å²) in [6.07, 6.45) is 0.722. The average Bonchev–Trinajstić information content (AvgIpc) is 3.18. The molecule has 24 heavy (non-hydrogen) atoms. The van der Waals surface area contributed by atoms with Gasteiger partial charge in [0.2, 0.25) is 0 Å². The Morgan fingerprint density at radius 3 is 2.75 bits per heavy atom. The highest BCUT2D eigenvalue weighted by molar-refractivity contribution is 9.10. The molecule has 4 rings (SSSR count). The Labute approximate surface area is 152 Å². The van der Waals surface area contributed by atoms with Crippen LogP contribution in [0, 0.1) is 5.82 Å². The second-order valence-corrected chi connectivity index (χ2v) is 7.52. The molecule has 3 atom stereocenters. The van der Waals surface area contributed by atoms with Crippen LogP contribution in [0.3, 0.4) is 0 Å². The molecule has 0 spiro atoms. The van der Waals surface area contributed by atoms with Crippen molar-refractivity contribution < 1.29 is 14.2 Å². The number of aliphatic hydroxyl groups excluding tert-OH is 1. The minimum atomic E-state index is -0.694. The van der Waals surface area contributed by atoms with Crippen LogP contribution in [0.2, 0.25) is 5.02 Å². The van der Waals surface area contributed by atoms with Gasteiger partial charge in [0, 0.05) is 29.1 Å². The van der Waals surface area contributed by atoms with E-state index in [-0.39, 0.29) is 11.1 Å². The summed E-state index contributed by atoms with van der Waals surface area (Å²) in [5.41, 5.74) is 1.16. The maximum absolute atomic E-state index is 14.0. The second-order valence-electron chi connectivity index (χ2n) is 6.35. The fraction of sp³-hybridized carbons (Fsp3) is 0.333. The zero-order chi connectivity index (χ0) is 16.9. The molecule has 6 heteroatoms. The molecule has 2 aliphatic heterocycles. The van der Waals surface area contributed by atoms with Crippen LogP contribution in [-0.4, -0.2) is 23.8 Å². The molecular weight excluding hydrogens is 397 g/mol. The number of hydrogen-bond acceptors (Lipinski definition) is 3. The summed E-state index contributed by atoms with van der Waals surface area (Å²) in [6.45, 7) is 0.523. The molecule has 3 unspecified atom stereocenters. The van der Waals surface area contributed by atoms with Crippen molar-refractivity contribution in [1.82, 2.24) is 5.32 Å². The fourth-order valence-corrected chi connectivity index (χ4v) is 4.40. The third kappa shape index (κ3) is 2.46. The van der Waals surface area contributed by atoms with E-state index in [0.29, 0.717) is 29.6 Å². The summed E-state index contributed by atoms with van der Waals surface area (Å²) in [6, 6.07) is 11.1. The lowest BCUT2D eigenvalue weighted by atomic mass is 9.81. The number of β-amino-alcohol motifs (C(OH)–C–C–N with tert-alkyl or cyclic N) is 1. The molecule has 2 aliphatic rings. The van der Waals surface area contributed by atoms with E-state index in [1.54, 1.807) is 0 Å². The van der Waals surface area contributed by atoms with E-state index in [1.165, 1.54) is 6.07 Å². The summed E-state index contributed by atoms with van der Waals surface area (Å²) in [7, 11) is 0. The Bertz CT molecular complexity index is 788. The summed E-state index contributed by atoms with van der Waals surface area (Å²) < 4.78 is 20.9. The van der Waals surface area contributed by atoms with Crippen molar-refractivity contribution in [3.05, 3.63) is 62.8 Å². The number of hydrogen-bond donors (Lipinski definition) is 2. The van der Waals surface area contributed by atoms with Crippen LogP contribution < -0.4 is 10.1 Å². The molecule has 0 radical (unpaired) electrons. The summed E-state index contributed by atoms with van der Waals surface area (Å²) in [4.78, 5) is 0. The maximum Gasteiger partial charge on any atom is 0.153 e. The van der Waals surface area contributed by atoms with E-state index in [4.69, 9.17) is 16.3 Å². The molecule has 0 amide bonds. The van der Waals surface area contributed by atoms with Crippen LogP contribution in [0.15, 0.2) is 40.9 Å². The van der Waals surface area contributed by atoms with Gasteiger partial charge in [0.1, 0.15) is 11.6 Å². The van der Waals surface area contributed by atoms with Crippen LogP contribution in [0.1, 0.15) is 17.5 Å². The van der Waals surface area contributed by atoms with Crippen molar-refractivity contribution >= 4 is 27.5 Å². The number of nitrogens with one attached hydrogen (secondary N) is 1. The van der Waals surface area contributed by atoms with Crippen molar-refractivity contribution in [2.24, 2.45) is 0 Å². The lowest BCUT2D eigenvalue weighted by molar-refractivity contribution is 0.0486. The molecule has 3 nitrogen and oxygen atoms in total. The number of aliphatic hydroxyl groups is 1. The minimum absolute atomic E-state index is 0.0700. The summed E-state index contributed by atoms with van der Waals surface area (Å²) in [5.74, 6) is -0.0126. The van der Waals surface area contributed by atoms with Crippen molar-refractivity contribution in [3.63, 3.8) is 0 Å². The van der Waals surface area contributed by atoms with Crippen molar-refractivity contribution in [2.45, 2.75) is 30.6 Å². The topological polar surface area (TPSA) is 41.5 Å². The normalized spacial score (nSPS) is 28.7. The first kappa shape index (κ1) is 16.3. The number of benzene rings is 2. The molecule has 2 heterocycles. The van der Waals surface area contributed by atoms with Gasteiger partial charge in [-0.2, -0.15) is 0 Å². The zero-order valence-corrected chi connectivity index (χ0v) is 15.1. The van der Waals surface area contributed by atoms with Gasteiger partial charge in [0.25, 0.3) is 0 Å².